The molecule has 2 unspecified atom stereocenters. The van der Waals surface area contributed by atoms with Gasteiger partial charge in [0.2, 0.25) is 0 Å². The third-order valence-electron chi connectivity index (χ3n) is 6.18. The number of nitrogens with one attached hydrogen (secondary N) is 1. The quantitative estimate of drug-likeness (QED) is 0.617. The molecule has 2 aromatic rings. The van der Waals surface area contributed by atoms with Crippen LogP contribution in [0.3, 0.4) is 0 Å². The van der Waals surface area contributed by atoms with E-state index in [0.29, 0.717) is 5.92 Å². The highest BCUT2D eigenvalue weighted by Crippen LogP contribution is 2.45. The summed E-state index contributed by atoms with van der Waals surface area (Å²) in [6.07, 6.45) is 4.81. The molecule has 0 heterocycles. The Morgan fingerprint density at radius 1 is 1.11 bits per heavy atom. The van der Waals surface area contributed by atoms with Gasteiger partial charge in [0.1, 0.15) is 5.75 Å². The second-order valence-electron chi connectivity index (χ2n) is 8.48. The lowest BCUT2D eigenvalue weighted by Gasteiger charge is -2.43. The van der Waals surface area contributed by atoms with E-state index in [2.05, 4.69) is 55.6 Å². The third kappa shape index (κ3) is 4.95. The second kappa shape index (κ2) is 9.58. The van der Waals surface area contributed by atoms with E-state index in [9.17, 15) is 5.11 Å². The van der Waals surface area contributed by atoms with Gasteiger partial charge in [-0.05, 0) is 79.9 Å². The van der Waals surface area contributed by atoms with Crippen molar-refractivity contribution in [3.05, 3.63) is 65.2 Å². The summed E-state index contributed by atoms with van der Waals surface area (Å²) >= 11 is 0. The molecule has 0 bridgehead atoms. The summed E-state index contributed by atoms with van der Waals surface area (Å²) in [6.45, 7) is 6.32. The molecular formula is C25H35NO2. The molecule has 0 aromatic heterocycles. The smallest absolute Gasteiger partial charge is 0.118 e. The largest absolute Gasteiger partial charge is 0.497 e. The molecule has 1 aliphatic carbocycles. The number of benzene rings is 2. The Kier molecular flexibility index (Phi) is 7.14. The average Bonchev–Trinajstić information content (AvgIpc) is 2.70. The first-order chi connectivity index (χ1) is 13.5. The van der Waals surface area contributed by atoms with Gasteiger partial charge in [-0.2, -0.15) is 0 Å². The highest BCUT2D eigenvalue weighted by atomic mass is 16.5. The first-order valence-corrected chi connectivity index (χ1v) is 10.7. The van der Waals surface area contributed by atoms with Crippen LogP contribution in [0.1, 0.15) is 55.7 Å². The van der Waals surface area contributed by atoms with Gasteiger partial charge in [-0.15, -0.1) is 0 Å². The highest BCUT2D eigenvalue weighted by molar-refractivity contribution is 5.36. The molecule has 2 N–H and O–H groups in total. The molecule has 0 saturated carbocycles. The van der Waals surface area contributed by atoms with E-state index < -0.39 is 5.60 Å². The van der Waals surface area contributed by atoms with Gasteiger partial charge in [0, 0.05) is 5.92 Å². The average molecular weight is 382 g/mol. The predicted molar refractivity (Wildman–Crippen MR) is 116 cm³/mol. The Morgan fingerprint density at radius 2 is 1.86 bits per heavy atom. The first kappa shape index (κ1) is 20.9. The maximum atomic E-state index is 11.5. The fourth-order valence-electron chi connectivity index (χ4n) is 4.76. The molecule has 0 spiro atoms. The number of hydrogen-bond donors (Lipinski definition) is 2. The minimum absolute atomic E-state index is 0.221. The number of fused-ring (bicyclic) bond motifs is 1. The summed E-state index contributed by atoms with van der Waals surface area (Å²) in [6, 6.07) is 17.0. The number of aryl methyl sites for hydroxylation is 2. The van der Waals surface area contributed by atoms with Crippen LogP contribution in [0, 0.1) is 5.92 Å². The normalized spacial score (nSPS) is 21.5. The van der Waals surface area contributed by atoms with Crippen LogP contribution >= 0.6 is 0 Å². The Labute approximate surface area is 170 Å². The summed E-state index contributed by atoms with van der Waals surface area (Å²) in [7, 11) is 1.70. The Bertz CT molecular complexity index is 740. The molecule has 152 valence electrons. The molecule has 3 rings (SSSR count). The number of rotatable bonds is 9. The SMILES string of the molecule is COc1ccc(CCCNCCC2(O)CCc3ccccc3C2C(C)C)cc1. The summed E-state index contributed by atoms with van der Waals surface area (Å²) in [5.41, 5.74) is 3.50. The summed E-state index contributed by atoms with van der Waals surface area (Å²) in [5, 5.41) is 15.0. The molecule has 3 heteroatoms. The summed E-state index contributed by atoms with van der Waals surface area (Å²) in [4.78, 5) is 0. The molecule has 3 nitrogen and oxygen atoms in total. The standard InChI is InChI=1S/C25H35NO2/c1-19(2)24-23-9-5-4-8-21(23)14-15-25(24,27)16-18-26-17-6-7-20-10-12-22(28-3)13-11-20/h4-5,8-13,19,24,26-27H,6-7,14-18H2,1-3H3. The van der Waals surface area contributed by atoms with Gasteiger partial charge in [-0.25, -0.2) is 0 Å². The van der Waals surface area contributed by atoms with E-state index in [4.69, 9.17) is 4.74 Å². The van der Waals surface area contributed by atoms with Gasteiger partial charge < -0.3 is 15.2 Å². The second-order valence-corrected chi connectivity index (χ2v) is 8.48. The van der Waals surface area contributed by atoms with Gasteiger partial charge in [0.05, 0.1) is 12.7 Å². The van der Waals surface area contributed by atoms with Gasteiger partial charge in [-0.1, -0.05) is 50.2 Å². The van der Waals surface area contributed by atoms with E-state index >= 15 is 0 Å². The van der Waals surface area contributed by atoms with Crippen LogP contribution in [0.2, 0.25) is 0 Å². The number of methoxy groups -OCH3 is 1. The van der Waals surface area contributed by atoms with Gasteiger partial charge in [0.15, 0.2) is 0 Å². The first-order valence-electron chi connectivity index (χ1n) is 10.7. The fourth-order valence-corrected chi connectivity index (χ4v) is 4.76. The lowest BCUT2D eigenvalue weighted by molar-refractivity contribution is -0.0240. The van der Waals surface area contributed by atoms with E-state index in [1.54, 1.807) is 7.11 Å². The van der Waals surface area contributed by atoms with Crippen LogP contribution in [-0.2, 0) is 12.8 Å². The monoisotopic (exact) mass is 381 g/mol. The van der Waals surface area contributed by atoms with E-state index in [1.165, 1.54) is 16.7 Å². The predicted octanol–water partition coefficient (Wildman–Crippen LogP) is 4.72. The maximum absolute atomic E-state index is 11.5. The maximum Gasteiger partial charge on any atom is 0.118 e. The number of hydrogen-bond acceptors (Lipinski definition) is 3. The van der Waals surface area contributed by atoms with Crippen molar-refractivity contribution in [2.75, 3.05) is 20.2 Å². The Hall–Kier alpha value is -1.84. The van der Waals surface area contributed by atoms with Gasteiger partial charge in [0.25, 0.3) is 0 Å². The lowest BCUT2D eigenvalue weighted by atomic mass is 9.66. The van der Waals surface area contributed by atoms with Crippen LogP contribution < -0.4 is 10.1 Å². The molecule has 0 saturated heterocycles. The minimum Gasteiger partial charge on any atom is -0.497 e. The van der Waals surface area contributed by atoms with E-state index in [-0.39, 0.29) is 5.92 Å². The van der Waals surface area contributed by atoms with Gasteiger partial charge in [-0.3, -0.25) is 0 Å². The van der Waals surface area contributed by atoms with Crippen molar-refractivity contribution in [2.24, 2.45) is 5.92 Å². The van der Waals surface area contributed by atoms with E-state index in [0.717, 1.165) is 50.9 Å². The van der Waals surface area contributed by atoms with Crippen molar-refractivity contribution >= 4 is 0 Å². The zero-order valence-electron chi connectivity index (χ0n) is 17.6. The molecule has 0 radical (unpaired) electrons. The lowest BCUT2D eigenvalue weighted by Crippen LogP contribution is -2.44. The van der Waals surface area contributed by atoms with Crippen molar-refractivity contribution in [1.82, 2.24) is 5.32 Å². The molecule has 2 atom stereocenters. The molecule has 0 aliphatic heterocycles. The number of aliphatic hydroxyl groups is 1. The van der Waals surface area contributed by atoms with Gasteiger partial charge >= 0.3 is 0 Å². The van der Waals surface area contributed by atoms with Crippen LogP contribution in [0.15, 0.2) is 48.5 Å². The van der Waals surface area contributed by atoms with Crippen molar-refractivity contribution in [2.45, 2.75) is 57.5 Å². The van der Waals surface area contributed by atoms with Crippen molar-refractivity contribution in [3.63, 3.8) is 0 Å². The summed E-state index contributed by atoms with van der Waals surface area (Å²) < 4.78 is 5.21. The topological polar surface area (TPSA) is 41.5 Å². The zero-order chi connectivity index (χ0) is 20.0. The zero-order valence-corrected chi connectivity index (χ0v) is 17.6. The summed E-state index contributed by atoms with van der Waals surface area (Å²) in [5.74, 6) is 1.56. The van der Waals surface area contributed by atoms with Crippen LogP contribution in [-0.4, -0.2) is 30.9 Å². The number of ether oxygens (including phenoxy) is 1. The molecule has 2 aromatic carbocycles. The third-order valence-corrected chi connectivity index (χ3v) is 6.18. The van der Waals surface area contributed by atoms with Crippen molar-refractivity contribution in [3.8, 4) is 5.75 Å². The molecule has 1 aliphatic rings. The Balaban J connectivity index is 1.47. The van der Waals surface area contributed by atoms with Crippen LogP contribution in [0.25, 0.3) is 0 Å². The highest BCUT2D eigenvalue weighted by Gasteiger charge is 2.42. The molecular weight excluding hydrogens is 346 g/mol. The van der Waals surface area contributed by atoms with Crippen LogP contribution in [0.5, 0.6) is 5.75 Å². The van der Waals surface area contributed by atoms with Crippen molar-refractivity contribution < 1.29 is 9.84 Å². The minimum atomic E-state index is -0.606. The molecule has 0 fully saturated rings. The van der Waals surface area contributed by atoms with E-state index in [1.807, 2.05) is 12.1 Å². The van der Waals surface area contributed by atoms with Crippen LogP contribution in [0.4, 0.5) is 0 Å². The van der Waals surface area contributed by atoms with Crippen molar-refractivity contribution in [1.29, 1.82) is 0 Å². The molecule has 28 heavy (non-hydrogen) atoms. The Morgan fingerprint density at radius 3 is 2.57 bits per heavy atom. The molecule has 0 amide bonds. The fraction of sp³-hybridized carbons (Fsp3) is 0.520.